The van der Waals surface area contributed by atoms with Gasteiger partial charge in [0, 0.05) is 44.1 Å². The van der Waals surface area contributed by atoms with Crippen molar-refractivity contribution >= 4 is 11.6 Å². The van der Waals surface area contributed by atoms with Gasteiger partial charge in [-0.05, 0) is 13.0 Å². The molecule has 1 fully saturated rings. The van der Waals surface area contributed by atoms with Crippen LogP contribution < -0.4 is 15.4 Å². The molecule has 0 spiro atoms. The molecular weight excluding hydrogens is 318 g/mol. The molecule has 0 bridgehead atoms. The molecule has 9 heteroatoms. The fourth-order valence-electron chi connectivity index (χ4n) is 2.62. The van der Waals surface area contributed by atoms with Gasteiger partial charge in [-0.15, -0.1) is 0 Å². The van der Waals surface area contributed by atoms with Crippen LogP contribution in [0.15, 0.2) is 29.3 Å². The molecule has 0 atom stereocenters. The van der Waals surface area contributed by atoms with E-state index in [1.807, 2.05) is 17.9 Å². The standard InChI is InChI=1S/C15H18F2N6O/c1-11-2-3-18-15(20-11)22-6-4-21(5-7-22)12-8-14(24)23(19-9-12)10-13(16)17/h2-3,8-9,13H,4-7,10H2,1H3. The first-order valence-electron chi connectivity index (χ1n) is 7.68. The molecule has 0 N–H and O–H groups in total. The van der Waals surface area contributed by atoms with E-state index in [1.165, 1.54) is 12.3 Å². The fourth-order valence-corrected chi connectivity index (χ4v) is 2.62. The Morgan fingerprint density at radius 1 is 1.21 bits per heavy atom. The molecule has 1 aliphatic rings. The third kappa shape index (κ3) is 3.66. The fraction of sp³-hybridized carbons (Fsp3) is 0.467. The van der Waals surface area contributed by atoms with E-state index >= 15 is 0 Å². The van der Waals surface area contributed by atoms with E-state index in [0.29, 0.717) is 37.8 Å². The summed E-state index contributed by atoms with van der Waals surface area (Å²) in [5, 5.41) is 3.83. The topological polar surface area (TPSA) is 67.2 Å². The van der Waals surface area contributed by atoms with E-state index in [-0.39, 0.29) is 0 Å². The third-order valence-electron chi connectivity index (χ3n) is 3.88. The smallest absolute Gasteiger partial charge is 0.269 e. The highest BCUT2D eigenvalue weighted by atomic mass is 19.3. The molecule has 2 aromatic rings. The van der Waals surface area contributed by atoms with Crippen molar-refractivity contribution in [1.29, 1.82) is 0 Å². The Bertz CT molecular complexity index is 758. The van der Waals surface area contributed by atoms with Gasteiger partial charge in [0.25, 0.3) is 12.0 Å². The molecule has 3 heterocycles. The molecule has 24 heavy (non-hydrogen) atoms. The molecule has 0 aliphatic carbocycles. The number of hydrogen-bond acceptors (Lipinski definition) is 6. The minimum Gasteiger partial charge on any atom is -0.367 e. The monoisotopic (exact) mass is 336 g/mol. The van der Waals surface area contributed by atoms with Gasteiger partial charge in [0.2, 0.25) is 5.95 Å². The van der Waals surface area contributed by atoms with Crippen LogP contribution in [0.25, 0.3) is 0 Å². The number of aryl methyl sites for hydroxylation is 1. The molecule has 0 radical (unpaired) electrons. The van der Waals surface area contributed by atoms with Crippen LogP contribution in [0.5, 0.6) is 0 Å². The molecule has 7 nitrogen and oxygen atoms in total. The number of alkyl halides is 2. The molecular formula is C15H18F2N6O. The number of halogens is 2. The molecule has 0 saturated carbocycles. The molecule has 0 unspecified atom stereocenters. The maximum atomic E-state index is 12.4. The van der Waals surface area contributed by atoms with Crippen molar-refractivity contribution in [2.45, 2.75) is 19.9 Å². The zero-order valence-electron chi connectivity index (χ0n) is 13.3. The Balaban J connectivity index is 1.66. The minimum absolute atomic E-state index is 0.516. The highest BCUT2D eigenvalue weighted by Gasteiger charge is 2.20. The van der Waals surface area contributed by atoms with Crippen LogP contribution in [0.3, 0.4) is 0 Å². The van der Waals surface area contributed by atoms with Gasteiger partial charge >= 0.3 is 0 Å². The number of hydrogen-bond donors (Lipinski definition) is 0. The first-order chi connectivity index (χ1) is 11.5. The summed E-state index contributed by atoms with van der Waals surface area (Å²) < 4.78 is 25.5. The van der Waals surface area contributed by atoms with Crippen LogP contribution in [0.2, 0.25) is 0 Å². The lowest BCUT2D eigenvalue weighted by Crippen LogP contribution is -2.47. The summed E-state index contributed by atoms with van der Waals surface area (Å²) in [5.74, 6) is 0.695. The van der Waals surface area contributed by atoms with E-state index in [4.69, 9.17) is 0 Å². The van der Waals surface area contributed by atoms with Crippen LogP contribution >= 0.6 is 0 Å². The first kappa shape index (κ1) is 16.3. The quantitative estimate of drug-likeness (QED) is 0.828. The number of aromatic nitrogens is 4. The van der Waals surface area contributed by atoms with Gasteiger partial charge < -0.3 is 9.80 Å². The normalized spacial score (nSPS) is 15.2. The molecule has 3 rings (SSSR count). The molecule has 0 aromatic carbocycles. The van der Waals surface area contributed by atoms with Crippen LogP contribution in [0.4, 0.5) is 20.4 Å². The van der Waals surface area contributed by atoms with Crippen LogP contribution in [-0.2, 0) is 6.54 Å². The number of piperazine rings is 1. The summed E-state index contributed by atoms with van der Waals surface area (Å²) in [4.78, 5) is 24.6. The SMILES string of the molecule is Cc1ccnc(N2CCN(c3cnn(CC(F)F)c(=O)c3)CC2)n1. The lowest BCUT2D eigenvalue weighted by atomic mass is 10.3. The highest BCUT2D eigenvalue weighted by molar-refractivity contribution is 5.45. The van der Waals surface area contributed by atoms with Crippen molar-refractivity contribution in [3.05, 3.63) is 40.6 Å². The maximum absolute atomic E-state index is 12.4. The van der Waals surface area contributed by atoms with E-state index in [1.54, 1.807) is 6.20 Å². The van der Waals surface area contributed by atoms with Crippen molar-refractivity contribution in [3.63, 3.8) is 0 Å². The first-order valence-corrected chi connectivity index (χ1v) is 7.68. The number of nitrogens with zero attached hydrogens (tertiary/aromatic N) is 6. The van der Waals surface area contributed by atoms with Crippen molar-refractivity contribution in [1.82, 2.24) is 19.7 Å². The van der Waals surface area contributed by atoms with E-state index in [0.717, 1.165) is 10.4 Å². The summed E-state index contributed by atoms with van der Waals surface area (Å²) in [6, 6.07) is 3.20. The predicted molar refractivity (Wildman–Crippen MR) is 85.7 cm³/mol. The highest BCUT2D eigenvalue weighted by Crippen LogP contribution is 2.16. The second kappa shape index (κ2) is 6.90. The molecule has 128 valence electrons. The Morgan fingerprint density at radius 3 is 2.54 bits per heavy atom. The van der Waals surface area contributed by atoms with Crippen LogP contribution in [-0.4, -0.2) is 52.4 Å². The zero-order valence-corrected chi connectivity index (χ0v) is 13.3. The average molecular weight is 336 g/mol. The maximum Gasteiger partial charge on any atom is 0.269 e. The van der Waals surface area contributed by atoms with E-state index in [2.05, 4.69) is 20.0 Å². The van der Waals surface area contributed by atoms with E-state index in [9.17, 15) is 13.6 Å². The Labute approximate surface area is 137 Å². The summed E-state index contributed by atoms with van der Waals surface area (Å²) in [7, 11) is 0. The van der Waals surface area contributed by atoms with Gasteiger partial charge in [0.05, 0.1) is 11.9 Å². The summed E-state index contributed by atoms with van der Waals surface area (Å²) >= 11 is 0. The van der Waals surface area contributed by atoms with Crippen molar-refractivity contribution in [2.24, 2.45) is 0 Å². The van der Waals surface area contributed by atoms with Gasteiger partial charge in [-0.3, -0.25) is 4.79 Å². The Morgan fingerprint density at radius 2 is 1.92 bits per heavy atom. The van der Waals surface area contributed by atoms with Crippen LogP contribution in [0, 0.1) is 6.92 Å². The van der Waals surface area contributed by atoms with E-state index < -0.39 is 18.5 Å². The predicted octanol–water partition coefficient (Wildman–Crippen LogP) is 0.933. The summed E-state index contributed by atoms with van der Waals surface area (Å²) in [5.41, 5.74) is 1.04. The molecule has 0 amide bonds. The largest absolute Gasteiger partial charge is 0.367 e. The lowest BCUT2D eigenvalue weighted by Gasteiger charge is -2.35. The Kier molecular flexibility index (Phi) is 4.68. The Hall–Kier alpha value is -2.58. The number of rotatable bonds is 4. The van der Waals surface area contributed by atoms with Gasteiger partial charge in [-0.1, -0.05) is 0 Å². The van der Waals surface area contributed by atoms with Gasteiger partial charge in [0.1, 0.15) is 6.54 Å². The average Bonchev–Trinajstić information content (AvgIpc) is 2.56. The second-order valence-corrected chi connectivity index (χ2v) is 5.60. The number of anilines is 2. The van der Waals surface area contributed by atoms with Crippen molar-refractivity contribution < 1.29 is 8.78 Å². The lowest BCUT2D eigenvalue weighted by molar-refractivity contribution is 0.119. The van der Waals surface area contributed by atoms with Gasteiger partial charge in [0.15, 0.2) is 0 Å². The van der Waals surface area contributed by atoms with Gasteiger partial charge in [-0.25, -0.2) is 23.4 Å². The molecule has 1 aliphatic heterocycles. The third-order valence-corrected chi connectivity index (χ3v) is 3.88. The second-order valence-electron chi connectivity index (χ2n) is 5.60. The zero-order chi connectivity index (χ0) is 17.1. The minimum atomic E-state index is -2.60. The van der Waals surface area contributed by atoms with Crippen LogP contribution in [0.1, 0.15) is 5.69 Å². The van der Waals surface area contributed by atoms with Gasteiger partial charge in [-0.2, -0.15) is 5.10 Å². The summed E-state index contributed by atoms with van der Waals surface area (Å²) in [6.07, 6.45) is 0.595. The summed E-state index contributed by atoms with van der Waals surface area (Å²) in [6.45, 7) is 4.01. The molecule has 1 saturated heterocycles. The van der Waals surface area contributed by atoms with Crippen molar-refractivity contribution in [2.75, 3.05) is 36.0 Å². The molecule has 2 aromatic heterocycles. The van der Waals surface area contributed by atoms with Crippen molar-refractivity contribution in [3.8, 4) is 0 Å².